The quantitative estimate of drug-likeness (QED) is 0.799. The number of piperazine rings is 1. The van der Waals surface area contributed by atoms with E-state index in [9.17, 15) is 4.79 Å². The molecule has 2 fully saturated rings. The summed E-state index contributed by atoms with van der Waals surface area (Å²) in [4.78, 5) is 22.9. The molecule has 0 aromatic carbocycles. The summed E-state index contributed by atoms with van der Waals surface area (Å²) >= 11 is 0. The van der Waals surface area contributed by atoms with Crippen LogP contribution in [0.4, 0.5) is 4.79 Å². The van der Waals surface area contributed by atoms with Crippen molar-refractivity contribution >= 4 is 6.03 Å². The Morgan fingerprint density at radius 3 is 3.00 bits per heavy atom. The first kappa shape index (κ1) is 14.3. The van der Waals surface area contributed by atoms with Crippen molar-refractivity contribution in [1.82, 2.24) is 19.7 Å². The van der Waals surface area contributed by atoms with Crippen LogP contribution in [0.1, 0.15) is 5.69 Å². The van der Waals surface area contributed by atoms with Crippen LogP contribution in [-0.2, 0) is 11.3 Å². The van der Waals surface area contributed by atoms with Crippen molar-refractivity contribution < 1.29 is 9.53 Å². The van der Waals surface area contributed by atoms with Gasteiger partial charge >= 0.3 is 6.03 Å². The molecule has 3 rings (SSSR count). The van der Waals surface area contributed by atoms with Gasteiger partial charge in [0.2, 0.25) is 0 Å². The summed E-state index contributed by atoms with van der Waals surface area (Å²) in [6.07, 6.45) is 1.83. The lowest BCUT2D eigenvalue weighted by atomic mass is 10.2. The summed E-state index contributed by atoms with van der Waals surface area (Å²) in [6.45, 7) is 5.59. The van der Waals surface area contributed by atoms with E-state index in [-0.39, 0.29) is 6.03 Å². The molecule has 0 radical (unpaired) electrons. The van der Waals surface area contributed by atoms with Crippen LogP contribution in [0.5, 0.6) is 0 Å². The highest BCUT2D eigenvalue weighted by Gasteiger charge is 2.40. The first-order chi connectivity index (χ1) is 10.3. The van der Waals surface area contributed by atoms with E-state index in [2.05, 4.69) is 16.0 Å². The highest BCUT2D eigenvalue weighted by Crippen LogP contribution is 2.21. The fraction of sp³-hybridized carbons (Fsp3) is 0.600. The van der Waals surface area contributed by atoms with E-state index >= 15 is 0 Å². The van der Waals surface area contributed by atoms with E-state index in [1.54, 1.807) is 7.11 Å². The lowest BCUT2D eigenvalue weighted by molar-refractivity contribution is 0.115. The van der Waals surface area contributed by atoms with Gasteiger partial charge in [0.1, 0.15) is 0 Å². The molecule has 0 saturated carbocycles. The summed E-state index contributed by atoms with van der Waals surface area (Å²) in [5.74, 6) is 0. The summed E-state index contributed by atoms with van der Waals surface area (Å²) in [5, 5.41) is 0. The topological polar surface area (TPSA) is 48.9 Å². The third-order valence-electron chi connectivity index (χ3n) is 4.19. The molecule has 1 aromatic heterocycles. The van der Waals surface area contributed by atoms with Crippen LogP contribution < -0.4 is 0 Å². The monoisotopic (exact) mass is 290 g/mol. The third-order valence-corrected chi connectivity index (χ3v) is 4.19. The Bertz CT molecular complexity index is 482. The van der Waals surface area contributed by atoms with Gasteiger partial charge in [0.25, 0.3) is 0 Å². The van der Waals surface area contributed by atoms with Crippen LogP contribution >= 0.6 is 0 Å². The molecule has 2 saturated heterocycles. The normalized spacial score (nSPS) is 22.7. The molecule has 114 valence electrons. The minimum absolute atomic E-state index is 0.162. The first-order valence-electron chi connectivity index (χ1n) is 7.44. The van der Waals surface area contributed by atoms with E-state index in [4.69, 9.17) is 4.74 Å². The fourth-order valence-electron chi connectivity index (χ4n) is 3.09. The molecule has 0 spiro atoms. The van der Waals surface area contributed by atoms with Crippen LogP contribution in [0.3, 0.4) is 0 Å². The molecule has 2 aliphatic heterocycles. The van der Waals surface area contributed by atoms with Gasteiger partial charge in [-0.25, -0.2) is 4.79 Å². The molecule has 3 heterocycles. The van der Waals surface area contributed by atoms with Gasteiger partial charge in [-0.1, -0.05) is 6.07 Å². The highest BCUT2D eigenvalue weighted by atomic mass is 16.5. The summed E-state index contributed by atoms with van der Waals surface area (Å²) in [6, 6.07) is 6.47. The molecule has 21 heavy (non-hydrogen) atoms. The van der Waals surface area contributed by atoms with Gasteiger partial charge < -0.3 is 14.5 Å². The van der Waals surface area contributed by atoms with Gasteiger partial charge in [-0.05, 0) is 12.1 Å². The number of urea groups is 1. The lowest BCUT2D eigenvalue weighted by Gasteiger charge is -2.36. The van der Waals surface area contributed by atoms with E-state index in [0.29, 0.717) is 19.2 Å². The molecule has 1 atom stereocenters. The predicted molar refractivity (Wildman–Crippen MR) is 78.9 cm³/mol. The molecule has 6 heteroatoms. The maximum absolute atomic E-state index is 12.3. The van der Waals surface area contributed by atoms with Crippen LogP contribution in [0.2, 0.25) is 0 Å². The van der Waals surface area contributed by atoms with Crippen molar-refractivity contribution in [2.75, 3.05) is 46.4 Å². The van der Waals surface area contributed by atoms with Gasteiger partial charge in [-0.3, -0.25) is 9.88 Å². The standard InChI is InChI=1S/C15H22N4O2/c1-21-9-8-18-12-14-11-17(6-7-19(14)15(18)20)10-13-4-2-3-5-16-13/h2-5,14H,6-12H2,1H3/t14-/m1/s1. The second kappa shape index (κ2) is 6.41. The SMILES string of the molecule is COCCN1C[C@H]2CN(Cc3ccccn3)CCN2C1=O. The molecular formula is C15H22N4O2. The average Bonchev–Trinajstić information content (AvgIpc) is 2.82. The highest BCUT2D eigenvalue weighted by molar-refractivity contribution is 5.77. The fourth-order valence-corrected chi connectivity index (χ4v) is 3.09. The first-order valence-corrected chi connectivity index (χ1v) is 7.44. The lowest BCUT2D eigenvalue weighted by Crippen LogP contribution is -2.51. The second-order valence-corrected chi connectivity index (χ2v) is 5.62. The summed E-state index contributed by atoms with van der Waals surface area (Å²) in [5.41, 5.74) is 1.09. The number of nitrogens with zero attached hydrogens (tertiary/aromatic N) is 4. The Morgan fingerprint density at radius 2 is 2.24 bits per heavy atom. The molecule has 6 nitrogen and oxygen atoms in total. The van der Waals surface area contributed by atoms with E-state index in [1.807, 2.05) is 28.1 Å². The van der Waals surface area contributed by atoms with Crippen LogP contribution in [0, 0.1) is 0 Å². The molecule has 0 N–H and O–H groups in total. The molecule has 0 aliphatic carbocycles. The Labute approximate surface area is 125 Å². The number of methoxy groups -OCH3 is 1. The number of amides is 2. The van der Waals surface area contributed by atoms with Crippen molar-refractivity contribution in [2.45, 2.75) is 12.6 Å². The third kappa shape index (κ3) is 3.16. The molecule has 0 unspecified atom stereocenters. The second-order valence-electron chi connectivity index (χ2n) is 5.62. The van der Waals surface area contributed by atoms with Crippen molar-refractivity contribution in [2.24, 2.45) is 0 Å². The molecule has 2 aliphatic rings. The van der Waals surface area contributed by atoms with Crippen LogP contribution in [0.25, 0.3) is 0 Å². The summed E-state index contributed by atoms with van der Waals surface area (Å²) in [7, 11) is 1.67. The molecule has 2 amide bonds. The zero-order valence-electron chi connectivity index (χ0n) is 12.4. The van der Waals surface area contributed by atoms with E-state index < -0.39 is 0 Å². The Balaban J connectivity index is 1.57. The van der Waals surface area contributed by atoms with Gasteiger partial charge in [0.05, 0.1) is 18.3 Å². The van der Waals surface area contributed by atoms with Crippen molar-refractivity contribution in [3.63, 3.8) is 0 Å². The molecule has 0 bridgehead atoms. The number of carbonyl (C=O) groups is 1. The number of aromatic nitrogens is 1. The van der Waals surface area contributed by atoms with Gasteiger partial charge in [0.15, 0.2) is 0 Å². The minimum Gasteiger partial charge on any atom is -0.383 e. The zero-order chi connectivity index (χ0) is 14.7. The predicted octanol–water partition coefficient (Wildman–Crippen LogP) is 0.650. The number of pyridine rings is 1. The Hall–Kier alpha value is -1.66. The number of ether oxygens (including phenoxy) is 1. The van der Waals surface area contributed by atoms with Crippen LogP contribution in [0.15, 0.2) is 24.4 Å². The average molecular weight is 290 g/mol. The number of hydrogen-bond donors (Lipinski definition) is 0. The number of hydrogen-bond acceptors (Lipinski definition) is 4. The number of carbonyl (C=O) groups excluding carboxylic acids is 1. The van der Waals surface area contributed by atoms with Gasteiger partial charge in [0, 0.05) is 52.6 Å². The van der Waals surface area contributed by atoms with Gasteiger partial charge in [-0.2, -0.15) is 0 Å². The molecule has 1 aromatic rings. The minimum atomic E-state index is 0.162. The van der Waals surface area contributed by atoms with E-state index in [0.717, 1.165) is 38.4 Å². The van der Waals surface area contributed by atoms with Gasteiger partial charge in [-0.15, -0.1) is 0 Å². The zero-order valence-corrected chi connectivity index (χ0v) is 12.4. The Kier molecular flexibility index (Phi) is 4.36. The van der Waals surface area contributed by atoms with Crippen molar-refractivity contribution in [1.29, 1.82) is 0 Å². The van der Waals surface area contributed by atoms with Crippen LogP contribution in [-0.4, -0.2) is 78.2 Å². The maximum atomic E-state index is 12.3. The molecular weight excluding hydrogens is 268 g/mol. The maximum Gasteiger partial charge on any atom is 0.320 e. The number of fused-ring (bicyclic) bond motifs is 1. The van der Waals surface area contributed by atoms with Crippen molar-refractivity contribution in [3.8, 4) is 0 Å². The smallest absolute Gasteiger partial charge is 0.320 e. The van der Waals surface area contributed by atoms with Crippen molar-refractivity contribution in [3.05, 3.63) is 30.1 Å². The Morgan fingerprint density at radius 1 is 1.33 bits per heavy atom. The summed E-state index contributed by atoms with van der Waals surface area (Å²) < 4.78 is 5.07. The largest absolute Gasteiger partial charge is 0.383 e. The van der Waals surface area contributed by atoms with E-state index in [1.165, 1.54) is 0 Å². The number of rotatable bonds is 5.